The second kappa shape index (κ2) is 25.5. The van der Waals surface area contributed by atoms with Crippen LogP contribution in [0, 0.1) is 23.7 Å². The molecule has 0 bridgehead atoms. The van der Waals surface area contributed by atoms with Gasteiger partial charge in [0.05, 0.1) is 31.6 Å². The quantitative estimate of drug-likeness (QED) is 0.155. The van der Waals surface area contributed by atoms with Crippen LogP contribution in [0.4, 0.5) is 0 Å². The number of aliphatic hydroxyl groups excluding tert-OH is 2. The van der Waals surface area contributed by atoms with E-state index in [2.05, 4.69) is 16.0 Å². The predicted octanol–water partition coefficient (Wildman–Crippen LogP) is 1.44. The number of rotatable bonds is 11. The second-order valence-corrected chi connectivity index (χ2v) is 19.9. The van der Waals surface area contributed by atoms with E-state index in [4.69, 9.17) is 14.2 Å². The Labute approximate surface area is 411 Å². The standard InChI is InChI=1S/C50H76N6O14/c1-12-28(6)40-38(58)25-39(59)70-43(27(4)5)42(60)29(7)44(61)51-34(23-26(2)3)48(65)56-22-14-16-36(56)49(66)54(10)37(24-32-17-19-33(68-11)20-18-32)50(67)69-31(9)41(46(63)52-40)53-45(62)35-15-13-21-55(35)47(64)30(8)57/h17-20,26-31,34-38,40-41,43,57-58H,12-16,21-25H2,1-11H3,(H,51,61)(H,52,63)(H,53,62)/t28-,29-,30-,31+,34-,35-,36-,37-,38-,40+,41+,43-/m0/s1. The molecule has 5 N–H and O–H groups in total. The van der Waals surface area contributed by atoms with E-state index >= 15 is 0 Å². The average Bonchev–Trinajstić information content (AvgIpc) is 4.02. The number of nitrogens with one attached hydrogen (secondary N) is 3. The van der Waals surface area contributed by atoms with E-state index in [1.165, 1.54) is 49.6 Å². The summed E-state index contributed by atoms with van der Waals surface area (Å²) >= 11 is 0. The zero-order valence-corrected chi connectivity index (χ0v) is 42.6. The van der Waals surface area contributed by atoms with Crippen molar-refractivity contribution in [1.29, 1.82) is 0 Å². The first kappa shape index (κ1) is 57.0. The maximum Gasteiger partial charge on any atom is 0.329 e. The summed E-state index contributed by atoms with van der Waals surface area (Å²) < 4.78 is 17.0. The van der Waals surface area contributed by atoms with Crippen molar-refractivity contribution >= 4 is 53.2 Å². The Morgan fingerprint density at radius 3 is 2.11 bits per heavy atom. The van der Waals surface area contributed by atoms with Gasteiger partial charge in [0.15, 0.2) is 11.9 Å². The maximum atomic E-state index is 14.7. The van der Waals surface area contributed by atoms with Crippen molar-refractivity contribution in [1.82, 2.24) is 30.7 Å². The highest BCUT2D eigenvalue weighted by Crippen LogP contribution is 2.26. The van der Waals surface area contributed by atoms with E-state index in [0.29, 0.717) is 30.6 Å². The minimum Gasteiger partial charge on any atom is -0.497 e. The zero-order valence-electron chi connectivity index (χ0n) is 42.6. The van der Waals surface area contributed by atoms with Gasteiger partial charge in [0.25, 0.3) is 5.91 Å². The molecule has 390 valence electrons. The van der Waals surface area contributed by atoms with Gasteiger partial charge in [-0.15, -0.1) is 0 Å². The van der Waals surface area contributed by atoms with Crippen molar-refractivity contribution in [2.24, 2.45) is 23.7 Å². The van der Waals surface area contributed by atoms with Gasteiger partial charge in [0, 0.05) is 26.6 Å². The molecule has 1 aromatic carbocycles. The van der Waals surface area contributed by atoms with Crippen molar-refractivity contribution in [2.45, 2.75) is 174 Å². The summed E-state index contributed by atoms with van der Waals surface area (Å²) in [5.41, 5.74) is 0.588. The molecule has 6 amide bonds. The molecular weight excluding hydrogens is 909 g/mol. The van der Waals surface area contributed by atoms with Gasteiger partial charge in [0.2, 0.25) is 29.5 Å². The van der Waals surface area contributed by atoms with Gasteiger partial charge >= 0.3 is 11.9 Å². The molecule has 3 heterocycles. The van der Waals surface area contributed by atoms with Crippen molar-refractivity contribution in [3.8, 4) is 5.75 Å². The number of likely N-dealkylation sites (tertiary alicyclic amines) is 1. The lowest BCUT2D eigenvalue weighted by Crippen LogP contribution is -2.61. The van der Waals surface area contributed by atoms with E-state index in [-0.39, 0.29) is 44.7 Å². The third-order valence-electron chi connectivity index (χ3n) is 13.7. The normalized spacial score (nSPS) is 29.2. The largest absolute Gasteiger partial charge is 0.497 e. The molecule has 0 aliphatic carbocycles. The number of hydrogen-bond acceptors (Lipinski definition) is 14. The number of carbonyl (C=O) groups excluding carboxylic acids is 9. The van der Waals surface area contributed by atoms with Crippen LogP contribution in [0.1, 0.15) is 113 Å². The first-order valence-electron chi connectivity index (χ1n) is 24.6. The minimum atomic E-state index is -1.69. The van der Waals surface area contributed by atoms with Crippen LogP contribution in [0.25, 0.3) is 0 Å². The number of esters is 2. The molecule has 0 radical (unpaired) electrons. The Morgan fingerprint density at radius 1 is 0.886 bits per heavy atom. The Kier molecular flexibility index (Phi) is 20.7. The van der Waals surface area contributed by atoms with Gasteiger partial charge in [-0.05, 0) is 88.3 Å². The number of methoxy groups -OCH3 is 1. The second-order valence-electron chi connectivity index (χ2n) is 19.9. The van der Waals surface area contributed by atoms with Crippen LogP contribution in [0.15, 0.2) is 24.3 Å². The fourth-order valence-electron chi connectivity index (χ4n) is 9.26. The molecule has 3 aliphatic heterocycles. The van der Waals surface area contributed by atoms with Crippen LogP contribution in [0.2, 0.25) is 0 Å². The SMILES string of the molecule is CC[C@H](C)[C@H]1NC(=O)[C@H](NC(=O)[C@@H]2CCCN2C(=O)[C@H](C)O)[C@@H](C)OC(=O)[C@H](Cc2ccc(OC)cc2)N(C)C(=O)[C@@H]2CCCN2C(=O)[C@H](CC(C)C)NC(=O)[C@@H](C)C(=O)[C@H](C(C)C)OC(=O)C[C@@H]1O. The van der Waals surface area contributed by atoms with Gasteiger partial charge in [-0.1, -0.05) is 60.1 Å². The number of likely N-dealkylation sites (N-methyl/N-ethyl adjacent to an activating group) is 1. The van der Waals surface area contributed by atoms with Crippen molar-refractivity contribution in [3.63, 3.8) is 0 Å². The third-order valence-corrected chi connectivity index (χ3v) is 13.7. The number of ether oxygens (including phenoxy) is 3. The molecule has 4 rings (SSSR count). The summed E-state index contributed by atoms with van der Waals surface area (Å²) in [5.74, 6) is -9.24. The molecule has 0 spiro atoms. The number of nitrogens with zero attached hydrogens (tertiary/aromatic N) is 3. The molecule has 0 unspecified atom stereocenters. The van der Waals surface area contributed by atoms with Crippen LogP contribution < -0.4 is 20.7 Å². The Balaban J connectivity index is 1.86. The molecule has 70 heavy (non-hydrogen) atoms. The summed E-state index contributed by atoms with van der Waals surface area (Å²) in [4.78, 5) is 131. The number of hydrogen-bond donors (Lipinski definition) is 5. The Hall–Kier alpha value is -5.63. The number of benzene rings is 1. The summed E-state index contributed by atoms with van der Waals surface area (Å²) in [5, 5.41) is 29.9. The van der Waals surface area contributed by atoms with Crippen LogP contribution in [0.5, 0.6) is 5.75 Å². The minimum absolute atomic E-state index is 0.103. The summed E-state index contributed by atoms with van der Waals surface area (Å²) in [6, 6.07) is -0.819. The highest BCUT2D eigenvalue weighted by atomic mass is 16.6. The molecule has 0 saturated carbocycles. The van der Waals surface area contributed by atoms with Crippen molar-refractivity contribution in [3.05, 3.63) is 29.8 Å². The van der Waals surface area contributed by atoms with Gasteiger partial charge in [-0.25, -0.2) is 4.79 Å². The number of ketones is 1. The number of carbonyl (C=O) groups is 9. The van der Waals surface area contributed by atoms with Crippen molar-refractivity contribution in [2.75, 3.05) is 27.2 Å². The fraction of sp³-hybridized carbons (Fsp3) is 0.700. The van der Waals surface area contributed by atoms with E-state index < -0.39 is 138 Å². The molecular formula is C50H76N6O14. The molecule has 20 nitrogen and oxygen atoms in total. The summed E-state index contributed by atoms with van der Waals surface area (Å²) in [6.07, 6.45) is -4.98. The van der Waals surface area contributed by atoms with E-state index in [0.717, 1.165) is 0 Å². The number of Topliss-reactive ketones (excluding diaryl/α,β-unsaturated/α-hetero) is 1. The first-order valence-corrected chi connectivity index (χ1v) is 24.6. The maximum absolute atomic E-state index is 14.7. The first-order chi connectivity index (χ1) is 32.9. The average molecular weight is 985 g/mol. The predicted molar refractivity (Wildman–Crippen MR) is 254 cm³/mol. The summed E-state index contributed by atoms with van der Waals surface area (Å²) in [6.45, 7) is 14.7. The lowest BCUT2D eigenvalue weighted by Gasteiger charge is -2.35. The molecule has 3 fully saturated rings. The molecule has 3 aliphatic rings. The smallest absolute Gasteiger partial charge is 0.329 e. The van der Waals surface area contributed by atoms with Crippen LogP contribution in [-0.4, -0.2) is 166 Å². The molecule has 1 aromatic rings. The fourth-order valence-corrected chi connectivity index (χ4v) is 9.26. The molecule has 0 aromatic heterocycles. The van der Waals surface area contributed by atoms with Crippen LogP contribution >= 0.6 is 0 Å². The number of amides is 6. The highest BCUT2D eigenvalue weighted by Gasteiger charge is 2.45. The molecule has 20 heteroatoms. The number of cyclic esters (lactones) is 2. The summed E-state index contributed by atoms with van der Waals surface area (Å²) in [7, 11) is 2.89. The zero-order chi connectivity index (χ0) is 52.3. The topological polar surface area (TPSA) is 268 Å². The highest BCUT2D eigenvalue weighted by molar-refractivity contribution is 6.05. The Bertz CT molecular complexity index is 2050. The van der Waals surface area contributed by atoms with Crippen molar-refractivity contribution < 1.29 is 67.6 Å². The lowest BCUT2D eigenvalue weighted by atomic mass is 9.91. The van der Waals surface area contributed by atoms with Crippen LogP contribution in [-0.2, 0) is 59.0 Å². The van der Waals surface area contributed by atoms with E-state index in [1.807, 2.05) is 13.8 Å². The number of fused-ring (bicyclic) bond motifs is 1. The van der Waals surface area contributed by atoms with Crippen LogP contribution in [0.3, 0.4) is 0 Å². The van der Waals surface area contributed by atoms with E-state index in [1.54, 1.807) is 52.0 Å². The molecule has 12 atom stereocenters. The monoisotopic (exact) mass is 985 g/mol. The van der Waals surface area contributed by atoms with Gasteiger partial charge in [-0.3, -0.25) is 38.4 Å². The lowest BCUT2D eigenvalue weighted by molar-refractivity contribution is -0.163. The van der Waals surface area contributed by atoms with Gasteiger partial charge < -0.3 is 55.1 Å². The third kappa shape index (κ3) is 14.3. The van der Waals surface area contributed by atoms with E-state index in [9.17, 15) is 53.4 Å². The van der Waals surface area contributed by atoms with Gasteiger partial charge in [0.1, 0.15) is 48.2 Å². The van der Waals surface area contributed by atoms with Gasteiger partial charge in [-0.2, -0.15) is 0 Å². The number of aliphatic hydroxyl groups is 2. The Morgan fingerprint density at radius 2 is 1.53 bits per heavy atom. The molecule has 3 saturated heterocycles.